The molecule has 0 aromatic carbocycles. The van der Waals surface area contributed by atoms with Gasteiger partial charge in [-0.05, 0) is 50.3 Å². The first kappa shape index (κ1) is 15.6. The zero-order chi connectivity index (χ0) is 16.2. The van der Waals surface area contributed by atoms with Gasteiger partial charge in [0.2, 0.25) is 5.91 Å². The summed E-state index contributed by atoms with van der Waals surface area (Å²) in [5.74, 6) is 0.596. The van der Waals surface area contributed by atoms with Crippen LogP contribution in [0.4, 0.5) is 0 Å². The van der Waals surface area contributed by atoms with Crippen LogP contribution in [0.1, 0.15) is 17.9 Å². The Labute approximate surface area is 137 Å². The molecule has 0 bridgehead atoms. The third kappa shape index (κ3) is 3.74. The number of likely N-dealkylation sites (tertiary alicyclic amines) is 1. The van der Waals surface area contributed by atoms with Crippen LogP contribution in [0, 0.1) is 0 Å². The Hall–Kier alpha value is -2.27. The summed E-state index contributed by atoms with van der Waals surface area (Å²) in [5.41, 5.74) is 3.21. The number of pyridine rings is 2. The summed E-state index contributed by atoms with van der Waals surface area (Å²) in [7, 11) is 3.85. The number of carbonyl (C=O) groups excluding carboxylic acids is 1. The Morgan fingerprint density at radius 1 is 1.35 bits per heavy atom. The minimum atomic E-state index is 0.207. The van der Waals surface area contributed by atoms with Crippen LogP contribution in [0.25, 0.3) is 11.3 Å². The summed E-state index contributed by atoms with van der Waals surface area (Å²) in [6.45, 7) is 2.11. The lowest BCUT2D eigenvalue weighted by Crippen LogP contribution is -2.36. The molecule has 2 aromatic heterocycles. The molecule has 1 aliphatic rings. The van der Waals surface area contributed by atoms with Crippen LogP contribution in [0.15, 0.2) is 42.9 Å². The molecule has 2 aromatic rings. The fourth-order valence-electron chi connectivity index (χ4n) is 3.00. The smallest absolute Gasteiger partial charge is 0.236 e. The fraction of sp³-hybridized carbons (Fsp3) is 0.389. The van der Waals surface area contributed by atoms with Crippen molar-refractivity contribution in [2.75, 3.05) is 33.7 Å². The number of rotatable bonds is 4. The van der Waals surface area contributed by atoms with E-state index in [1.165, 1.54) is 5.56 Å². The minimum absolute atomic E-state index is 0.207. The summed E-state index contributed by atoms with van der Waals surface area (Å²) >= 11 is 0. The van der Waals surface area contributed by atoms with Gasteiger partial charge in [0.1, 0.15) is 0 Å². The Morgan fingerprint density at radius 2 is 2.22 bits per heavy atom. The summed E-state index contributed by atoms with van der Waals surface area (Å²) in [4.78, 5) is 24.7. The average molecular weight is 310 g/mol. The fourth-order valence-corrected chi connectivity index (χ4v) is 3.00. The normalized spacial score (nSPS) is 17.7. The van der Waals surface area contributed by atoms with E-state index in [9.17, 15) is 4.79 Å². The lowest BCUT2D eigenvalue weighted by molar-refractivity contribution is -0.130. The maximum Gasteiger partial charge on any atom is 0.236 e. The van der Waals surface area contributed by atoms with Crippen molar-refractivity contribution in [2.45, 2.75) is 12.3 Å². The standard InChI is InChI=1S/C18H22N4O/c1-21(2)13-18(23)22-9-6-16(12-22)14-5-8-20-17(10-14)15-4-3-7-19-11-15/h3-5,7-8,10-11,16H,6,9,12-13H2,1-2H3/t16-/m0/s1. The van der Waals surface area contributed by atoms with E-state index in [0.717, 1.165) is 30.8 Å². The summed E-state index contributed by atoms with van der Waals surface area (Å²) < 4.78 is 0. The van der Waals surface area contributed by atoms with Gasteiger partial charge in [-0.15, -0.1) is 0 Å². The quantitative estimate of drug-likeness (QED) is 0.867. The van der Waals surface area contributed by atoms with E-state index >= 15 is 0 Å². The van der Waals surface area contributed by atoms with Gasteiger partial charge in [0, 0.05) is 43.2 Å². The van der Waals surface area contributed by atoms with Gasteiger partial charge < -0.3 is 9.80 Å². The molecule has 1 fully saturated rings. The first-order chi connectivity index (χ1) is 11.1. The van der Waals surface area contributed by atoms with Gasteiger partial charge in [-0.2, -0.15) is 0 Å². The molecule has 5 nitrogen and oxygen atoms in total. The molecule has 1 aliphatic heterocycles. The first-order valence-corrected chi connectivity index (χ1v) is 7.92. The van der Waals surface area contributed by atoms with Gasteiger partial charge in [-0.1, -0.05) is 0 Å². The van der Waals surface area contributed by atoms with Crippen LogP contribution in [-0.4, -0.2) is 59.4 Å². The molecular weight excluding hydrogens is 288 g/mol. The minimum Gasteiger partial charge on any atom is -0.341 e. The molecule has 0 unspecified atom stereocenters. The molecule has 23 heavy (non-hydrogen) atoms. The Bertz CT molecular complexity index is 672. The van der Waals surface area contributed by atoms with Crippen molar-refractivity contribution < 1.29 is 4.79 Å². The molecule has 0 N–H and O–H groups in total. The average Bonchev–Trinajstić information content (AvgIpc) is 3.05. The van der Waals surface area contributed by atoms with E-state index in [2.05, 4.69) is 22.1 Å². The lowest BCUT2D eigenvalue weighted by atomic mass is 9.98. The SMILES string of the molecule is CN(C)CC(=O)N1CC[C@H](c2ccnc(-c3cccnc3)c2)C1. The molecule has 0 aliphatic carbocycles. The van der Waals surface area contributed by atoms with Crippen LogP contribution in [0.3, 0.4) is 0 Å². The molecule has 0 saturated carbocycles. The van der Waals surface area contributed by atoms with Gasteiger partial charge in [0.25, 0.3) is 0 Å². The summed E-state index contributed by atoms with van der Waals surface area (Å²) in [6, 6.07) is 8.12. The predicted octanol–water partition coefficient (Wildman–Crippen LogP) is 2.02. The molecule has 1 atom stereocenters. The van der Waals surface area contributed by atoms with E-state index in [0.29, 0.717) is 12.5 Å². The van der Waals surface area contributed by atoms with Crippen molar-refractivity contribution in [3.8, 4) is 11.3 Å². The van der Waals surface area contributed by atoms with E-state index in [1.54, 1.807) is 6.20 Å². The Morgan fingerprint density at radius 3 is 2.96 bits per heavy atom. The third-order valence-electron chi connectivity index (χ3n) is 4.21. The van der Waals surface area contributed by atoms with E-state index < -0.39 is 0 Å². The van der Waals surface area contributed by atoms with E-state index in [4.69, 9.17) is 0 Å². The summed E-state index contributed by atoms with van der Waals surface area (Å²) in [5, 5.41) is 0. The highest BCUT2D eigenvalue weighted by Gasteiger charge is 2.27. The van der Waals surface area contributed by atoms with Crippen LogP contribution in [0.2, 0.25) is 0 Å². The van der Waals surface area contributed by atoms with Crippen molar-refractivity contribution in [1.82, 2.24) is 19.8 Å². The molecule has 1 saturated heterocycles. The summed E-state index contributed by atoms with van der Waals surface area (Å²) in [6.07, 6.45) is 6.45. The van der Waals surface area contributed by atoms with E-state index in [-0.39, 0.29) is 5.91 Å². The topological polar surface area (TPSA) is 49.3 Å². The van der Waals surface area contributed by atoms with Crippen LogP contribution >= 0.6 is 0 Å². The second-order valence-corrected chi connectivity index (χ2v) is 6.28. The lowest BCUT2D eigenvalue weighted by Gasteiger charge is -2.19. The zero-order valence-corrected chi connectivity index (χ0v) is 13.6. The molecule has 0 spiro atoms. The van der Waals surface area contributed by atoms with Crippen molar-refractivity contribution >= 4 is 5.91 Å². The van der Waals surface area contributed by atoms with Crippen LogP contribution in [0.5, 0.6) is 0 Å². The van der Waals surface area contributed by atoms with E-state index in [1.807, 2.05) is 48.4 Å². The molecule has 0 radical (unpaired) electrons. The maximum atomic E-state index is 12.2. The molecule has 1 amide bonds. The van der Waals surface area contributed by atoms with Crippen LogP contribution in [-0.2, 0) is 4.79 Å². The molecule has 5 heteroatoms. The van der Waals surface area contributed by atoms with Gasteiger partial charge in [-0.25, -0.2) is 0 Å². The number of aromatic nitrogens is 2. The van der Waals surface area contributed by atoms with Crippen molar-refractivity contribution in [3.05, 3.63) is 48.4 Å². The Kier molecular flexibility index (Phi) is 4.67. The Balaban J connectivity index is 1.72. The van der Waals surface area contributed by atoms with Crippen molar-refractivity contribution in [2.24, 2.45) is 0 Å². The number of hydrogen-bond donors (Lipinski definition) is 0. The van der Waals surface area contributed by atoms with Crippen molar-refractivity contribution in [1.29, 1.82) is 0 Å². The highest BCUT2D eigenvalue weighted by atomic mass is 16.2. The molecular formula is C18H22N4O. The van der Waals surface area contributed by atoms with Gasteiger partial charge in [0.15, 0.2) is 0 Å². The predicted molar refractivity (Wildman–Crippen MR) is 90.0 cm³/mol. The number of likely N-dealkylation sites (N-methyl/N-ethyl adjacent to an activating group) is 1. The van der Waals surface area contributed by atoms with Gasteiger partial charge in [0.05, 0.1) is 12.2 Å². The third-order valence-corrected chi connectivity index (χ3v) is 4.21. The highest BCUT2D eigenvalue weighted by molar-refractivity contribution is 5.78. The van der Waals surface area contributed by atoms with Crippen LogP contribution < -0.4 is 0 Å². The first-order valence-electron chi connectivity index (χ1n) is 7.92. The zero-order valence-electron chi connectivity index (χ0n) is 13.6. The maximum absolute atomic E-state index is 12.2. The number of nitrogens with zero attached hydrogens (tertiary/aromatic N) is 4. The van der Waals surface area contributed by atoms with Gasteiger partial charge >= 0.3 is 0 Å². The number of amides is 1. The second kappa shape index (κ2) is 6.87. The molecule has 3 heterocycles. The highest BCUT2D eigenvalue weighted by Crippen LogP contribution is 2.29. The van der Waals surface area contributed by atoms with Crippen molar-refractivity contribution in [3.63, 3.8) is 0 Å². The largest absolute Gasteiger partial charge is 0.341 e. The van der Waals surface area contributed by atoms with Gasteiger partial charge in [-0.3, -0.25) is 14.8 Å². The number of hydrogen-bond acceptors (Lipinski definition) is 4. The second-order valence-electron chi connectivity index (χ2n) is 6.28. The molecule has 3 rings (SSSR count). The monoisotopic (exact) mass is 310 g/mol. The molecule has 120 valence electrons. The number of carbonyl (C=O) groups is 1.